The number of ether oxygens (including phenoxy) is 3. The van der Waals surface area contributed by atoms with Crippen molar-refractivity contribution in [1.29, 1.82) is 0 Å². The number of carbonyl (C=O) groups is 2. The van der Waals surface area contributed by atoms with Gasteiger partial charge in [-0.1, -0.05) is 0 Å². The third-order valence-electron chi connectivity index (χ3n) is 2.32. The molecular weight excluding hydrogens is 266 g/mol. The van der Waals surface area contributed by atoms with Crippen LogP contribution in [0.25, 0.3) is 0 Å². The van der Waals surface area contributed by atoms with E-state index < -0.39 is 9.52 Å². The summed E-state index contributed by atoms with van der Waals surface area (Å²) < 4.78 is 15.6. The maximum atomic E-state index is 11.7. The van der Waals surface area contributed by atoms with E-state index in [-0.39, 0.29) is 30.1 Å². The van der Waals surface area contributed by atoms with Crippen molar-refractivity contribution in [1.82, 2.24) is 0 Å². The highest BCUT2D eigenvalue weighted by Crippen LogP contribution is 1.99. The zero-order valence-electron chi connectivity index (χ0n) is 11.9. The van der Waals surface area contributed by atoms with Gasteiger partial charge in [0, 0.05) is 19.6 Å². The molecule has 0 aromatic heterocycles. The van der Waals surface area contributed by atoms with E-state index in [4.69, 9.17) is 19.9 Å². The molecule has 0 aromatic carbocycles. The molecule has 0 heterocycles. The molecule has 0 fully saturated rings. The summed E-state index contributed by atoms with van der Waals surface area (Å²) in [6.07, 6.45) is 0.983. The quantitative estimate of drug-likeness (QED) is 0.230. The fraction of sp³-hybridized carbons (Fsp3) is 0.833. The first-order chi connectivity index (χ1) is 9.13. The average molecular weight is 291 g/mol. The van der Waals surface area contributed by atoms with Crippen LogP contribution in [0.5, 0.6) is 0 Å². The van der Waals surface area contributed by atoms with Gasteiger partial charge in [0.2, 0.25) is 0 Å². The molecule has 0 saturated heterocycles. The first kappa shape index (κ1) is 18.2. The molecule has 0 saturated carbocycles. The van der Waals surface area contributed by atoms with Crippen LogP contribution in [-0.4, -0.2) is 53.2 Å². The summed E-state index contributed by atoms with van der Waals surface area (Å²) in [7, 11) is -1.15. The lowest BCUT2D eigenvalue weighted by molar-refractivity contribution is -0.144. The lowest BCUT2D eigenvalue weighted by Crippen LogP contribution is -2.31. The minimum Gasteiger partial charge on any atom is -0.466 e. The Morgan fingerprint density at radius 3 is 2.32 bits per heavy atom. The molecule has 112 valence electrons. The maximum absolute atomic E-state index is 11.7. The van der Waals surface area contributed by atoms with Gasteiger partial charge in [0.25, 0.3) is 0 Å². The second-order valence-electron chi connectivity index (χ2n) is 3.95. The largest absolute Gasteiger partial charge is 0.466 e. The SMILES string of the molecule is CCOC(OCC)[SiH2]C(=O)CCC(=O)OCCCN. The van der Waals surface area contributed by atoms with Gasteiger partial charge in [0.1, 0.15) is 11.3 Å². The Morgan fingerprint density at radius 1 is 1.16 bits per heavy atom. The van der Waals surface area contributed by atoms with Crippen LogP contribution in [0.15, 0.2) is 0 Å². The van der Waals surface area contributed by atoms with Crippen LogP contribution in [0.4, 0.5) is 0 Å². The molecule has 0 aliphatic heterocycles. The number of hydrogen-bond acceptors (Lipinski definition) is 6. The fourth-order valence-corrected chi connectivity index (χ4v) is 2.87. The predicted octanol–water partition coefficient (Wildman–Crippen LogP) is -0.289. The van der Waals surface area contributed by atoms with Crippen LogP contribution in [0.2, 0.25) is 0 Å². The molecule has 0 aliphatic rings. The van der Waals surface area contributed by atoms with Crippen LogP contribution in [-0.2, 0) is 23.8 Å². The molecule has 6 nitrogen and oxygen atoms in total. The van der Waals surface area contributed by atoms with Crippen LogP contribution in [0, 0.1) is 0 Å². The van der Waals surface area contributed by atoms with Crippen LogP contribution in [0.3, 0.4) is 0 Å². The highest BCUT2D eigenvalue weighted by atomic mass is 28.2. The van der Waals surface area contributed by atoms with Crippen molar-refractivity contribution in [3.8, 4) is 0 Å². The van der Waals surface area contributed by atoms with Crippen molar-refractivity contribution in [2.24, 2.45) is 5.73 Å². The molecule has 0 amide bonds. The van der Waals surface area contributed by atoms with E-state index in [2.05, 4.69) is 0 Å². The summed E-state index contributed by atoms with van der Waals surface area (Å²) in [5.74, 6) is -0.726. The molecule has 0 bridgehead atoms. The summed E-state index contributed by atoms with van der Waals surface area (Å²) in [6, 6.07) is 0. The van der Waals surface area contributed by atoms with Crippen molar-refractivity contribution >= 4 is 20.9 Å². The highest BCUT2D eigenvalue weighted by Gasteiger charge is 2.16. The van der Waals surface area contributed by atoms with Gasteiger partial charge >= 0.3 is 5.97 Å². The van der Waals surface area contributed by atoms with Gasteiger partial charge in [-0.05, 0) is 26.8 Å². The van der Waals surface area contributed by atoms with Crippen molar-refractivity contribution in [2.45, 2.75) is 39.0 Å². The Hall–Kier alpha value is -0.763. The van der Waals surface area contributed by atoms with Crippen LogP contribution in [0.1, 0.15) is 33.1 Å². The third-order valence-corrected chi connectivity index (χ3v) is 3.93. The average Bonchev–Trinajstić information content (AvgIpc) is 2.37. The molecule has 0 spiro atoms. The molecule has 0 aliphatic carbocycles. The molecule has 0 aromatic rings. The second-order valence-corrected chi connectivity index (χ2v) is 5.81. The summed E-state index contributed by atoms with van der Waals surface area (Å²) >= 11 is 0. The summed E-state index contributed by atoms with van der Waals surface area (Å²) in [4.78, 5) is 23.0. The van der Waals surface area contributed by atoms with Crippen molar-refractivity contribution in [3.63, 3.8) is 0 Å². The van der Waals surface area contributed by atoms with E-state index in [1.807, 2.05) is 13.8 Å². The molecule has 19 heavy (non-hydrogen) atoms. The smallest absolute Gasteiger partial charge is 0.306 e. The Kier molecular flexibility index (Phi) is 11.8. The van der Waals surface area contributed by atoms with E-state index in [9.17, 15) is 9.59 Å². The number of nitrogens with two attached hydrogens (primary N) is 1. The normalized spacial score (nSPS) is 11.4. The first-order valence-corrected chi connectivity index (χ1v) is 8.26. The zero-order valence-corrected chi connectivity index (χ0v) is 13.3. The van der Waals surface area contributed by atoms with E-state index in [0.717, 1.165) is 0 Å². The van der Waals surface area contributed by atoms with E-state index in [1.165, 1.54) is 0 Å². The van der Waals surface area contributed by atoms with E-state index in [0.29, 0.717) is 32.8 Å². The molecule has 0 atom stereocenters. The highest BCUT2D eigenvalue weighted by molar-refractivity contribution is 6.74. The molecule has 7 heteroatoms. The monoisotopic (exact) mass is 291 g/mol. The Balaban J connectivity index is 3.79. The Morgan fingerprint density at radius 2 is 1.79 bits per heavy atom. The number of rotatable bonds is 12. The van der Waals surface area contributed by atoms with Gasteiger partial charge in [-0.2, -0.15) is 0 Å². The summed E-state index contributed by atoms with van der Waals surface area (Å²) in [5.41, 5.74) is 5.28. The summed E-state index contributed by atoms with van der Waals surface area (Å²) in [5, 5.41) is 0.0719. The van der Waals surface area contributed by atoms with Crippen LogP contribution < -0.4 is 5.73 Å². The topological polar surface area (TPSA) is 87.8 Å². The number of hydrogen-bond donors (Lipinski definition) is 1. The van der Waals surface area contributed by atoms with Gasteiger partial charge in [0.15, 0.2) is 9.52 Å². The van der Waals surface area contributed by atoms with E-state index in [1.54, 1.807) is 0 Å². The van der Waals surface area contributed by atoms with Gasteiger partial charge in [0.05, 0.1) is 13.0 Å². The standard InChI is InChI=1S/C12H25NO5Si/c1-3-16-12(17-4-2)19-11(15)7-6-10(14)18-9-5-8-13/h12H,3-9,13,19H2,1-2H3. The second kappa shape index (κ2) is 12.3. The zero-order chi connectivity index (χ0) is 14.5. The first-order valence-electron chi connectivity index (χ1n) is 6.74. The van der Waals surface area contributed by atoms with Gasteiger partial charge in [-0.25, -0.2) is 0 Å². The van der Waals surface area contributed by atoms with E-state index >= 15 is 0 Å². The lowest BCUT2D eigenvalue weighted by atomic mass is 10.3. The fourth-order valence-electron chi connectivity index (χ4n) is 1.41. The van der Waals surface area contributed by atoms with Crippen molar-refractivity contribution < 1.29 is 23.8 Å². The molecule has 0 rings (SSSR count). The van der Waals surface area contributed by atoms with Gasteiger partial charge in [-0.3, -0.25) is 4.79 Å². The van der Waals surface area contributed by atoms with Gasteiger partial charge < -0.3 is 24.7 Å². The Bertz CT molecular complexity index is 257. The van der Waals surface area contributed by atoms with Gasteiger partial charge in [-0.15, -0.1) is 0 Å². The summed E-state index contributed by atoms with van der Waals surface area (Å²) in [6.45, 7) is 5.57. The molecule has 0 radical (unpaired) electrons. The minimum atomic E-state index is -1.15. The lowest BCUT2D eigenvalue weighted by Gasteiger charge is -2.15. The minimum absolute atomic E-state index is 0.0719. The third kappa shape index (κ3) is 10.8. The molecule has 2 N–H and O–H groups in total. The number of esters is 1. The molecular formula is C12H25NO5Si. The maximum Gasteiger partial charge on any atom is 0.306 e. The predicted molar refractivity (Wildman–Crippen MR) is 74.5 cm³/mol. The van der Waals surface area contributed by atoms with Crippen molar-refractivity contribution in [2.75, 3.05) is 26.4 Å². The van der Waals surface area contributed by atoms with Crippen molar-refractivity contribution in [3.05, 3.63) is 0 Å². The molecule has 0 unspecified atom stereocenters. The Labute approximate surface area is 116 Å². The number of carbonyl (C=O) groups excluding carboxylic acids is 2. The van der Waals surface area contributed by atoms with Crippen LogP contribution >= 0.6 is 0 Å².